The van der Waals surface area contributed by atoms with Crippen LogP contribution in [0.4, 0.5) is 0 Å². The van der Waals surface area contributed by atoms with Crippen molar-refractivity contribution in [2.45, 2.75) is 6.04 Å². The van der Waals surface area contributed by atoms with Crippen molar-refractivity contribution in [3.63, 3.8) is 0 Å². The predicted molar refractivity (Wildman–Crippen MR) is 129 cm³/mol. The molecule has 3 aromatic rings. The molecule has 1 fully saturated rings. The average Bonchev–Trinajstić information content (AvgIpc) is 2.86. The van der Waals surface area contributed by atoms with Crippen molar-refractivity contribution < 1.29 is 9.53 Å². The van der Waals surface area contributed by atoms with Gasteiger partial charge in [-0.05, 0) is 48.0 Å². The van der Waals surface area contributed by atoms with Gasteiger partial charge in [0.05, 0.1) is 13.2 Å². The largest absolute Gasteiger partial charge is 0.497 e. The van der Waals surface area contributed by atoms with E-state index in [4.69, 9.17) is 4.74 Å². The maximum atomic E-state index is 12.9. The number of hydrogen-bond donors (Lipinski definition) is 1. The molecule has 1 saturated heterocycles. The van der Waals surface area contributed by atoms with Crippen molar-refractivity contribution >= 4 is 5.91 Å². The third-order valence-electron chi connectivity index (χ3n) is 6.19. The summed E-state index contributed by atoms with van der Waals surface area (Å²) in [5.74, 6) is 0.797. The monoisotopic (exact) mass is 429 g/mol. The number of piperazine rings is 1. The number of carbonyl (C=O) groups excluding carboxylic acids is 1. The van der Waals surface area contributed by atoms with E-state index in [0.29, 0.717) is 12.1 Å². The minimum Gasteiger partial charge on any atom is -0.497 e. The molecule has 1 atom stereocenters. The topological polar surface area (TPSA) is 44.8 Å². The summed E-state index contributed by atoms with van der Waals surface area (Å²) in [7, 11) is 3.83. The fraction of sp³-hybridized carbons (Fsp3) is 0.296. The number of benzene rings is 3. The Kier molecular flexibility index (Phi) is 7.20. The van der Waals surface area contributed by atoms with Gasteiger partial charge in [-0.25, -0.2) is 0 Å². The second-order valence-electron chi connectivity index (χ2n) is 8.28. The second kappa shape index (κ2) is 10.4. The normalized spacial score (nSPS) is 15.8. The van der Waals surface area contributed by atoms with E-state index >= 15 is 0 Å². The Morgan fingerprint density at radius 3 is 2.12 bits per heavy atom. The van der Waals surface area contributed by atoms with Crippen LogP contribution in [0.1, 0.15) is 22.0 Å². The number of ether oxygens (including phenoxy) is 1. The minimum absolute atomic E-state index is 0.0442. The first-order chi connectivity index (χ1) is 15.6. The van der Waals surface area contributed by atoms with Crippen LogP contribution < -0.4 is 10.1 Å². The highest BCUT2D eigenvalue weighted by atomic mass is 16.5. The van der Waals surface area contributed by atoms with Crippen LogP contribution in [0.2, 0.25) is 0 Å². The highest BCUT2D eigenvalue weighted by molar-refractivity contribution is 5.94. The van der Waals surface area contributed by atoms with E-state index in [1.807, 2.05) is 54.6 Å². The van der Waals surface area contributed by atoms with Gasteiger partial charge in [-0.3, -0.25) is 9.69 Å². The molecule has 0 radical (unpaired) electrons. The van der Waals surface area contributed by atoms with Gasteiger partial charge in [-0.2, -0.15) is 0 Å². The summed E-state index contributed by atoms with van der Waals surface area (Å²) in [6.07, 6.45) is 0. The zero-order chi connectivity index (χ0) is 22.3. The first-order valence-corrected chi connectivity index (χ1v) is 11.1. The van der Waals surface area contributed by atoms with Crippen LogP contribution >= 0.6 is 0 Å². The van der Waals surface area contributed by atoms with Crippen molar-refractivity contribution in [2.75, 3.05) is 46.9 Å². The number of nitrogens with one attached hydrogen (secondary N) is 1. The van der Waals surface area contributed by atoms with E-state index in [1.165, 1.54) is 5.56 Å². The molecule has 1 N–H and O–H groups in total. The zero-order valence-corrected chi connectivity index (χ0v) is 18.8. The van der Waals surface area contributed by atoms with Crippen LogP contribution in [0, 0.1) is 0 Å². The van der Waals surface area contributed by atoms with Gasteiger partial charge in [-0.15, -0.1) is 0 Å². The molecular formula is C27H31N3O2. The van der Waals surface area contributed by atoms with Crippen LogP contribution in [-0.2, 0) is 0 Å². The molecule has 32 heavy (non-hydrogen) atoms. The lowest BCUT2D eigenvalue weighted by molar-refractivity contribution is 0.0886. The van der Waals surface area contributed by atoms with E-state index in [0.717, 1.165) is 43.1 Å². The van der Waals surface area contributed by atoms with Crippen LogP contribution in [-0.4, -0.2) is 62.6 Å². The summed E-state index contributed by atoms with van der Waals surface area (Å²) in [6, 6.07) is 26.3. The molecule has 166 valence electrons. The summed E-state index contributed by atoms with van der Waals surface area (Å²) in [6.45, 7) is 4.59. The Balaban J connectivity index is 1.45. The number of carbonyl (C=O) groups is 1. The smallest absolute Gasteiger partial charge is 0.251 e. The Bertz CT molecular complexity index is 995. The first kappa shape index (κ1) is 22.1. The lowest BCUT2D eigenvalue weighted by Crippen LogP contribution is -2.48. The molecule has 0 bridgehead atoms. The Hall–Kier alpha value is -3.15. The van der Waals surface area contributed by atoms with Crippen molar-refractivity contribution in [3.05, 3.63) is 90.0 Å². The van der Waals surface area contributed by atoms with Crippen LogP contribution in [0.5, 0.6) is 5.75 Å². The van der Waals surface area contributed by atoms with Crippen molar-refractivity contribution in [1.82, 2.24) is 15.1 Å². The van der Waals surface area contributed by atoms with E-state index in [2.05, 4.69) is 46.4 Å². The quantitative estimate of drug-likeness (QED) is 0.615. The number of rotatable bonds is 7. The molecule has 5 heteroatoms. The van der Waals surface area contributed by atoms with Crippen molar-refractivity contribution in [1.29, 1.82) is 0 Å². The maximum Gasteiger partial charge on any atom is 0.251 e. The number of amides is 1. The number of likely N-dealkylation sites (N-methyl/N-ethyl adjacent to an activating group) is 1. The van der Waals surface area contributed by atoms with Gasteiger partial charge in [0.25, 0.3) is 5.91 Å². The van der Waals surface area contributed by atoms with Crippen LogP contribution in [0.3, 0.4) is 0 Å². The highest BCUT2D eigenvalue weighted by Gasteiger charge is 2.24. The lowest BCUT2D eigenvalue weighted by atomic mass is 10.0. The van der Waals surface area contributed by atoms with Crippen LogP contribution in [0.15, 0.2) is 78.9 Å². The fourth-order valence-corrected chi connectivity index (χ4v) is 4.15. The highest BCUT2D eigenvalue weighted by Crippen LogP contribution is 2.24. The Labute approximate surface area is 190 Å². The van der Waals surface area contributed by atoms with E-state index in [1.54, 1.807) is 7.11 Å². The molecule has 1 aliphatic heterocycles. The molecule has 0 spiro atoms. The second-order valence-corrected chi connectivity index (χ2v) is 8.28. The molecule has 0 aromatic heterocycles. The van der Waals surface area contributed by atoms with Gasteiger partial charge in [0.1, 0.15) is 5.75 Å². The van der Waals surface area contributed by atoms with Crippen molar-refractivity contribution in [3.8, 4) is 16.9 Å². The molecule has 3 aromatic carbocycles. The molecular weight excluding hydrogens is 398 g/mol. The third kappa shape index (κ3) is 5.36. The first-order valence-electron chi connectivity index (χ1n) is 11.1. The van der Waals surface area contributed by atoms with E-state index < -0.39 is 0 Å². The lowest BCUT2D eigenvalue weighted by Gasteiger charge is -2.38. The molecule has 0 saturated carbocycles. The molecule has 1 aliphatic rings. The number of nitrogens with zero attached hydrogens (tertiary/aromatic N) is 2. The Morgan fingerprint density at radius 2 is 1.50 bits per heavy atom. The summed E-state index contributed by atoms with van der Waals surface area (Å²) < 4.78 is 5.32. The number of hydrogen-bond acceptors (Lipinski definition) is 4. The summed E-state index contributed by atoms with van der Waals surface area (Å²) in [4.78, 5) is 17.7. The molecule has 4 rings (SSSR count). The summed E-state index contributed by atoms with van der Waals surface area (Å²) >= 11 is 0. The molecule has 1 amide bonds. The van der Waals surface area contributed by atoms with E-state index in [9.17, 15) is 4.79 Å². The third-order valence-corrected chi connectivity index (χ3v) is 6.19. The van der Waals surface area contributed by atoms with Gasteiger partial charge in [0.2, 0.25) is 0 Å². The average molecular weight is 430 g/mol. The molecule has 1 unspecified atom stereocenters. The van der Waals surface area contributed by atoms with Gasteiger partial charge in [0.15, 0.2) is 0 Å². The standard InChI is InChI=1S/C27H31N3O2/c1-29-16-18-30(19-17-29)26(23-12-14-25(32-2)15-13-23)20-28-27(31)24-10-8-22(9-11-24)21-6-4-3-5-7-21/h3-15,26H,16-20H2,1-2H3,(H,28,31). The summed E-state index contributed by atoms with van der Waals surface area (Å²) in [5.41, 5.74) is 4.12. The SMILES string of the molecule is COc1ccc(C(CNC(=O)c2ccc(-c3ccccc3)cc2)N2CCN(C)CC2)cc1. The fourth-order valence-electron chi connectivity index (χ4n) is 4.15. The van der Waals surface area contributed by atoms with E-state index in [-0.39, 0.29) is 11.9 Å². The summed E-state index contributed by atoms with van der Waals surface area (Å²) in [5, 5.41) is 3.17. The predicted octanol–water partition coefficient (Wildman–Crippen LogP) is 4.08. The zero-order valence-electron chi connectivity index (χ0n) is 18.8. The molecule has 1 heterocycles. The Morgan fingerprint density at radius 1 is 0.875 bits per heavy atom. The van der Waals surface area contributed by atoms with Gasteiger partial charge >= 0.3 is 0 Å². The number of methoxy groups -OCH3 is 1. The minimum atomic E-state index is -0.0442. The van der Waals surface area contributed by atoms with Gasteiger partial charge in [-0.1, -0.05) is 54.6 Å². The molecule has 5 nitrogen and oxygen atoms in total. The maximum absolute atomic E-state index is 12.9. The van der Waals surface area contributed by atoms with Gasteiger partial charge < -0.3 is 15.0 Å². The van der Waals surface area contributed by atoms with Crippen molar-refractivity contribution in [2.24, 2.45) is 0 Å². The van der Waals surface area contributed by atoms with Gasteiger partial charge in [0, 0.05) is 38.3 Å². The van der Waals surface area contributed by atoms with Crippen LogP contribution in [0.25, 0.3) is 11.1 Å². The molecule has 0 aliphatic carbocycles.